The predicted octanol–water partition coefficient (Wildman–Crippen LogP) is 2.77. The molecule has 3 N–H and O–H groups in total. The maximum absolute atomic E-state index is 13.5. The second kappa shape index (κ2) is 8.36. The van der Waals surface area contributed by atoms with Gasteiger partial charge in [0.25, 0.3) is 5.56 Å². The molecule has 7 nitrogen and oxygen atoms in total. The third-order valence-corrected chi connectivity index (χ3v) is 9.02. The van der Waals surface area contributed by atoms with Crippen molar-refractivity contribution < 1.29 is 10.2 Å². The Morgan fingerprint density at radius 3 is 2.33 bits per heavy atom. The number of hydrogen-bond donors (Lipinski definition) is 3. The first-order valence-electron chi connectivity index (χ1n) is 12.8. The van der Waals surface area contributed by atoms with Gasteiger partial charge in [-0.05, 0) is 81.3 Å². The summed E-state index contributed by atoms with van der Waals surface area (Å²) in [6.07, 6.45) is 9.62. The first kappa shape index (κ1) is 21.6. The lowest BCUT2D eigenvalue weighted by atomic mass is 9.52. The molecule has 0 amide bonds. The number of aliphatic hydroxyl groups is 2. The van der Waals surface area contributed by atoms with Gasteiger partial charge in [-0.15, -0.1) is 0 Å². The highest BCUT2D eigenvalue weighted by Gasteiger charge is 2.53. The van der Waals surface area contributed by atoms with Gasteiger partial charge in [0, 0.05) is 31.2 Å². The van der Waals surface area contributed by atoms with E-state index in [1.54, 1.807) is 0 Å². The molecule has 0 spiro atoms. The van der Waals surface area contributed by atoms with Crippen molar-refractivity contribution in [3.05, 3.63) is 34.6 Å². The molecule has 0 radical (unpaired) electrons. The van der Waals surface area contributed by atoms with E-state index in [4.69, 9.17) is 5.11 Å². The minimum Gasteiger partial charge on any atom is -0.394 e. The highest BCUT2D eigenvalue weighted by molar-refractivity contribution is 5.76. The number of likely N-dealkylation sites (tertiary alicyclic amines) is 1. The lowest BCUT2D eigenvalue weighted by Gasteiger charge is -2.61. The summed E-state index contributed by atoms with van der Waals surface area (Å²) in [5.41, 5.74) is 1.95. The van der Waals surface area contributed by atoms with Crippen LogP contribution < -0.4 is 10.9 Å². The Balaban J connectivity index is 1.25. The average Bonchev–Trinajstić information content (AvgIpc) is 2.82. The lowest BCUT2D eigenvalue weighted by Crippen LogP contribution is -2.61. The number of piperidine rings is 1. The summed E-state index contributed by atoms with van der Waals surface area (Å²) in [7, 11) is 0. The van der Waals surface area contributed by atoms with E-state index < -0.39 is 6.10 Å². The molecule has 1 aromatic heterocycles. The van der Waals surface area contributed by atoms with Gasteiger partial charge in [0.15, 0.2) is 5.82 Å². The molecule has 4 bridgehead atoms. The van der Waals surface area contributed by atoms with E-state index in [-0.39, 0.29) is 30.6 Å². The van der Waals surface area contributed by atoms with Crippen LogP contribution in [0.1, 0.15) is 57.4 Å². The molecular weight excluding hydrogens is 416 g/mol. The first-order valence-corrected chi connectivity index (χ1v) is 12.8. The van der Waals surface area contributed by atoms with Crippen LogP contribution in [-0.4, -0.2) is 62.5 Å². The van der Waals surface area contributed by atoms with Crippen molar-refractivity contribution in [2.75, 3.05) is 31.6 Å². The van der Waals surface area contributed by atoms with Gasteiger partial charge in [0.2, 0.25) is 0 Å². The van der Waals surface area contributed by atoms with Crippen LogP contribution in [0.5, 0.6) is 0 Å². The van der Waals surface area contributed by atoms with Crippen molar-refractivity contribution in [2.45, 2.75) is 69.1 Å². The highest BCUT2D eigenvalue weighted by Crippen LogP contribution is 2.58. The molecule has 2 heterocycles. The van der Waals surface area contributed by atoms with Crippen LogP contribution >= 0.6 is 0 Å². The number of hydrogen-bond acceptors (Lipinski definition) is 6. The summed E-state index contributed by atoms with van der Waals surface area (Å²) in [6, 6.07) is 7.98. The molecule has 1 aliphatic heterocycles. The van der Waals surface area contributed by atoms with E-state index in [2.05, 4.69) is 15.2 Å². The van der Waals surface area contributed by atoms with Gasteiger partial charge in [0.1, 0.15) is 0 Å². The molecule has 1 saturated heterocycles. The summed E-state index contributed by atoms with van der Waals surface area (Å²) in [6.45, 7) is 1.87. The largest absolute Gasteiger partial charge is 0.394 e. The van der Waals surface area contributed by atoms with Crippen molar-refractivity contribution in [2.24, 2.45) is 17.8 Å². The van der Waals surface area contributed by atoms with E-state index in [1.165, 1.54) is 38.5 Å². The number of nitrogens with one attached hydrogen (secondary N) is 1. The molecule has 1 atom stereocenters. The van der Waals surface area contributed by atoms with Crippen molar-refractivity contribution in [1.29, 1.82) is 0 Å². The van der Waals surface area contributed by atoms with Gasteiger partial charge in [-0.3, -0.25) is 9.69 Å². The standard InChI is InChI=1S/C26H36N4O3/c31-16-21(32)15-27-24-25(33)30(23-4-2-1-3-22(23)28-24)20-5-7-29(8-6-20)26-12-17-9-18(13-26)11-19(10-17)14-26/h1-4,17-21,31-32H,5-16H2,(H,27,28)/t17?,18?,19?,21-,26?/m1/s1. The van der Waals surface area contributed by atoms with E-state index in [0.717, 1.165) is 54.7 Å². The molecule has 7 rings (SSSR count). The van der Waals surface area contributed by atoms with Crippen LogP contribution in [0.4, 0.5) is 5.82 Å². The Morgan fingerprint density at radius 1 is 1.06 bits per heavy atom. The number of anilines is 1. The minimum atomic E-state index is -0.922. The SMILES string of the molecule is O=c1c(NC[C@@H](O)CO)nc2ccccc2n1C1CCN(C23CC4CC(CC(C4)C2)C3)CC1. The molecular formula is C26H36N4O3. The van der Waals surface area contributed by atoms with Crippen LogP contribution in [0.15, 0.2) is 29.1 Å². The predicted molar refractivity (Wildman–Crippen MR) is 128 cm³/mol. The number of nitrogens with zero attached hydrogens (tertiary/aromatic N) is 3. The molecule has 7 heteroatoms. The number of aliphatic hydroxyl groups excluding tert-OH is 2. The summed E-state index contributed by atoms with van der Waals surface area (Å²) in [4.78, 5) is 20.8. The average molecular weight is 453 g/mol. The fraction of sp³-hybridized carbons (Fsp3) is 0.692. The van der Waals surface area contributed by atoms with E-state index in [9.17, 15) is 9.90 Å². The number of benzene rings is 1. The molecule has 5 aliphatic rings. The van der Waals surface area contributed by atoms with Gasteiger partial charge in [-0.1, -0.05) is 12.1 Å². The molecule has 0 unspecified atom stereocenters. The molecule has 1 aromatic carbocycles. The molecule has 5 fully saturated rings. The van der Waals surface area contributed by atoms with Crippen molar-refractivity contribution >= 4 is 16.9 Å². The van der Waals surface area contributed by atoms with E-state index in [0.29, 0.717) is 5.54 Å². The maximum atomic E-state index is 13.5. The zero-order chi connectivity index (χ0) is 22.6. The second-order valence-corrected chi connectivity index (χ2v) is 11.2. The van der Waals surface area contributed by atoms with Crippen molar-refractivity contribution in [3.63, 3.8) is 0 Å². The zero-order valence-electron chi connectivity index (χ0n) is 19.3. The van der Waals surface area contributed by atoms with Crippen molar-refractivity contribution in [1.82, 2.24) is 14.5 Å². The minimum absolute atomic E-state index is 0.0988. The summed E-state index contributed by atoms with van der Waals surface area (Å²) >= 11 is 0. The Labute approximate surface area is 194 Å². The van der Waals surface area contributed by atoms with Crippen LogP contribution in [0.25, 0.3) is 11.0 Å². The number of aromatic nitrogens is 2. The normalized spacial score (nSPS) is 33.0. The van der Waals surface area contributed by atoms with E-state index >= 15 is 0 Å². The number of fused-ring (bicyclic) bond motifs is 1. The Morgan fingerprint density at radius 2 is 1.70 bits per heavy atom. The second-order valence-electron chi connectivity index (χ2n) is 11.2. The van der Waals surface area contributed by atoms with Crippen LogP contribution in [0.3, 0.4) is 0 Å². The topological polar surface area (TPSA) is 90.6 Å². The Bertz CT molecular complexity index is 1040. The first-order chi connectivity index (χ1) is 16.0. The van der Waals surface area contributed by atoms with Gasteiger partial charge in [0.05, 0.1) is 23.7 Å². The summed E-state index contributed by atoms with van der Waals surface area (Å²) in [5, 5.41) is 21.8. The third-order valence-electron chi connectivity index (χ3n) is 9.02. The molecule has 33 heavy (non-hydrogen) atoms. The Hall–Kier alpha value is -1.96. The van der Waals surface area contributed by atoms with Crippen LogP contribution in [0, 0.1) is 17.8 Å². The van der Waals surface area contributed by atoms with Gasteiger partial charge in [-0.2, -0.15) is 0 Å². The molecule has 178 valence electrons. The van der Waals surface area contributed by atoms with Crippen molar-refractivity contribution in [3.8, 4) is 0 Å². The highest BCUT2D eigenvalue weighted by atomic mass is 16.3. The zero-order valence-corrected chi connectivity index (χ0v) is 19.3. The van der Waals surface area contributed by atoms with Gasteiger partial charge >= 0.3 is 0 Å². The number of rotatable bonds is 6. The maximum Gasteiger partial charge on any atom is 0.294 e. The smallest absolute Gasteiger partial charge is 0.294 e. The lowest BCUT2D eigenvalue weighted by molar-refractivity contribution is -0.0974. The quantitative estimate of drug-likeness (QED) is 0.624. The third kappa shape index (κ3) is 3.78. The molecule has 2 aromatic rings. The van der Waals surface area contributed by atoms with Crippen LogP contribution in [0.2, 0.25) is 0 Å². The molecule has 4 saturated carbocycles. The number of para-hydroxylation sites is 2. The van der Waals surface area contributed by atoms with Crippen LogP contribution in [-0.2, 0) is 0 Å². The fourth-order valence-electron chi connectivity index (χ4n) is 7.96. The van der Waals surface area contributed by atoms with Gasteiger partial charge < -0.3 is 20.1 Å². The van der Waals surface area contributed by atoms with E-state index in [1.807, 2.05) is 28.8 Å². The molecule has 4 aliphatic carbocycles. The van der Waals surface area contributed by atoms with Gasteiger partial charge in [-0.25, -0.2) is 4.98 Å². The Kier molecular flexibility index (Phi) is 5.46. The summed E-state index contributed by atoms with van der Waals surface area (Å²) in [5.74, 6) is 3.10. The summed E-state index contributed by atoms with van der Waals surface area (Å²) < 4.78 is 1.94. The monoisotopic (exact) mass is 452 g/mol. The fourth-order valence-corrected chi connectivity index (χ4v) is 7.96.